The van der Waals surface area contributed by atoms with Gasteiger partial charge in [0.1, 0.15) is 7.85 Å². The van der Waals surface area contributed by atoms with E-state index in [9.17, 15) is 0 Å². The smallest absolute Gasteiger partial charge is 0.130 e. The van der Waals surface area contributed by atoms with E-state index in [-0.39, 0.29) is 6.07 Å². The molecule has 0 spiro atoms. The molecule has 0 aromatic heterocycles. The second-order valence-corrected chi connectivity index (χ2v) is 7.95. The predicted octanol–water partition coefficient (Wildman–Crippen LogP) is 5.48. The molecule has 26 heavy (non-hydrogen) atoms. The molecule has 0 saturated carbocycles. The highest BCUT2D eigenvalue weighted by molar-refractivity contribution is 6.16. The molecule has 0 N–H and O–H groups in total. The topological polar surface area (TPSA) is 6.48 Å². The van der Waals surface area contributed by atoms with Crippen LogP contribution in [0.4, 0.5) is 11.4 Å². The highest BCUT2D eigenvalue weighted by Crippen LogP contribution is 2.43. The first-order chi connectivity index (χ1) is 12.4. The minimum Gasteiger partial charge on any atom is -0.331 e. The van der Waals surface area contributed by atoms with Crippen LogP contribution in [-0.2, 0) is 0 Å². The molecule has 2 aliphatic rings. The summed E-state index contributed by atoms with van der Waals surface area (Å²) in [5.74, 6) is 0. The third kappa shape index (κ3) is 2.94. The summed E-state index contributed by atoms with van der Waals surface area (Å²) in [4.78, 5) is 4.73. The molecule has 0 saturated heterocycles. The summed E-state index contributed by atoms with van der Waals surface area (Å²) in [5, 5.41) is 0. The van der Waals surface area contributed by atoms with Crippen LogP contribution in [0.1, 0.15) is 47.9 Å². The number of nitrogens with zero attached hydrogens (tertiary/aromatic N) is 2. The van der Waals surface area contributed by atoms with Crippen molar-refractivity contribution >= 4 is 19.2 Å². The predicted molar refractivity (Wildman–Crippen MR) is 112 cm³/mol. The minimum atomic E-state index is -0.180. The van der Waals surface area contributed by atoms with Crippen LogP contribution in [-0.4, -0.2) is 13.9 Å². The Labute approximate surface area is 158 Å². The minimum absolute atomic E-state index is 0.180. The largest absolute Gasteiger partial charge is 0.331 e. The molecule has 2 aromatic rings. The van der Waals surface area contributed by atoms with Crippen molar-refractivity contribution in [3.63, 3.8) is 0 Å². The number of hydrogen-bond acceptors (Lipinski definition) is 2. The van der Waals surface area contributed by atoms with Gasteiger partial charge in [-0.15, -0.1) is 0 Å². The van der Waals surface area contributed by atoms with Crippen LogP contribution < -0.4 is 9.80 Å². The van der Waals surface area contributed by atoms with E-state index in [1.165, 1.54) is 57.9 Å². The summed E-state index contributed by atoms with van der Waals surface area (Å²) < 4.78 is 0. The zero-order chi connectivity index (χ0) is 18.4. The molecular weight excluding hydrogens is 315 g/mol. The van der Waals surface area contributed by atoms with E-state index in [1.54, 1.807) is 0 Å². The van der Waals surface area contributed by atoms with Crippen molar-refractivity contribution in [3.8, 4) is 0 Å². The summed E-state index contributed by atoms with van der Waals surface area (Å²) in [7, 11) is 6.86. The van der Waals surface area contributed by atoms with E-state index in [1.807, 2.05) is 0 Å². The van der Waals surface area contributed by atoms with E-state index < -0.39 is 0 Å². The third-order valence-electron chi connectivity index (χ3n) is 5.49. The first kappa shape index (κ1) is 17.3. The van der Waals surface area contributed by atoms with Crippen LogP contribution in [0.2, 0.25) is 0 Å². The highest BCUT2D eigenvalue weighted by Gasteiger charge is 2.37. The maximum absolute atomic E-state index is 6.86. The second-order valence-electron chi connectivity index (χ2n) is 7.95. The zero-order valence-electron chi connectivity index (χ0n) is 16.3. The Hall–Kier alpha value is -2.16. The van der Waals surface area contributed by atoms with Crippen molar-refractivity contribution in [2.75, 3.05) is 9.80 Å². The molecular formula is C23H27BN2. The Morgan fingerprint density at radius 2 is 1.00 bits per heavy atom. The molecule has 2 radical (unpaired) electrons. The molecule has 3 heteroatoms. The van der Waals surface area contributed by atoms with Crippen molar-refractivity contribution in [2.24, 2.45) is 0 Å². The van der Waals surface area contributed by atoms with E-state index >= 15 is 0 Å². The van der Waals surface area contributed by atoms with E-state index in [0.717, 1.165) is 12.8 Å². The normalized spacial score (nSPS) is 17.8. The van der Waals surface area contributed by atoms with Gasteiger partial charge in [-0.3, -0.25) is 0 Å². The summed E-state index contributed by atoms with van der Waals surface area (Å²) in [5.41, 5.74) is 10.4. The number of hydrogen-bond donors (Lipinski definition) is 0. The Balaban J connectivity index is 1.83. The molecule has 2 nitrogen and oxygen atoms in total. The Kier molecular flexibility index (Phi) is 4.34. The van der Waals surface area contributed by atoms with Gasteiger partial charge >= 0.3 is 0 Å². The lowest BCUT2D eigenvalue weighted by Crippen LogP contribution is -2.41. The number of allylic oxidation sites excluding steroid dienone is 2. The van der Waals surface area contributed by atoms with Gasteiger partial charge in [0.05, 0.1) is 6.07 Å². The van der Waals surface area contributed by atoms with Gasteiger partial charge in [-0.05, 0) is 99.9 Å². The van der Waals surface area contributed by atoms with Crippen LogP contribution in [0.3, 0.4) is 0 Å². The molecule has 2 aromatic carbocycles. The number of rotatable bonds is 2. The third-order valence-corrected chi connectivity index (χ3v) is 5.49. The Morgan fingerprint density at radius 1 is 0.654 bits per heavy atom. The lowest BCUT2D eigenvalue weighted by molar-refractivity contribution is 0.671. The lowest BCUT2D eigenvalue weighted by Gasteiger charge is -2.33. The quantitative estimate of drug-likeness (QED) is 0.667. The van der Waals surface area contributed by atoms with E-state index in [0.29, 0.717) is 0 Å². The summed E-state index contributed by atoms with van der Waals surface area (Å²) in [6.07, 6.45) is 4.70. The second kappa shape index (κ2) is 6.53. The van der Waals surface area contributed by atoms with Crippen LogP contribution >= 0.6 is 0 Å². The monoisotopic (exact) mass is 342 g/mol. The molecule has 0 bridgehead atoms. The molecule has 1 aliphatic carbocycles. The van der Waals surface area contributed by atoms with Gasteiger partial charge in [0, 0.05) is 22.8 Å². The van der Waals surface area contributed by atoms with Gasteiger partial charge in [-0.2, -0.15) is 0 Å². The van der Waals surface area contributed by atoms with Gasteiger partial charge in [0.2, 0.25) is 0 Å². The van der Waals surface area contributed by atoms with Gasteiger partial charge in [-0.25, -0.2) is 0 Å². The molecule has 0 unspecified atom stereocenters. The number of anilines is 2. The maximum atomic E-state index is 6.86. The highest BCUT2D eigenvalue weighted by atomic mass is 15.4. The fourth-order valence-electron chi connectivity index (χ4n) is 4.62. The van der Waals surface area contributed by atoms with Crippen molar-refractivity contribution in [3.05, 3.63) is 70.0 Å². The van der Waals surface area contributed by atoms with Crippen molar-refractivity contribution in [1.82, 2.24) is 0 Å². The standard InChI is InChI=1S/C23H27BN2/c1-15-9-16(2)12-19(11-15)25-21-7-5-6-8-22(21)26(23(25)24)20-13-17(3)10-18(4)14-20/h9-14,23H,5-8H2,1-4H3. The maximum Gasteiger partial charge on any atom is 0.130 e. The summed E-state index contributed by atoms with van der Waals surface area (Å²) in [6.45, 7) is 8.65. The van der Waals surface area contributed by atoms with E-state index in [2.05, 4.69) is 73.9 Å². The van der Waals surface area contributed by atoms with Crippen LogP contribution in [0.15, 0.2) is 47.8 Å². The Bertz CT molecular complexity index is 772. The first-order valence-electron chi connectivity index (χ1n) is 9.67. The average Bonchev–Trinajstić information content (AvgIpc) is 2.84. The molecule has 1 heterocycles. The average molecular weight is 342 g/mol. The summed E-state index contributed by atoms with van der Waals surface area (Å²) >= 11 is 0. The number of benzene rings is 2. The van der Waals surface area contributed by atoms with Crippen molar-refractivity contribution in [1.29, 1.82) is 0 Å². The molecule has 0 amide bonds. The molecule has 0 fully saturated rings. The van der Waals surface area contributed by atoms with Gasteiger partial charge in [0.15, 0.2) is 0 Å². The van der Waals surface area contributed by atoms with Crippen molar-refractivity contribution in [2.45, 2.75) is 59.4 Å². The van der Waals surface area contributed by atoms with Gasteiger partial charge in [-0.1, -0.05) is 12.1 Å². The molecule has 1 aliphatic heterocycles. The summed E-state index contributed by atoms with van der Waals surface area (Å²) in [6, 6.07) is 13.3. The molecule has 0 atom stereocenters. The van der Waals surface area contributed by atoms with Crippen LogP contribution in [0.25, 0.3) is 0 Å². The van der Waals surface area contributed by atoms with E-state index in [4.69, 9.17) is 7.85 Å². The van der Waals surface area contributed by atoms with Gasteiger partial charge < -0.3 is 9.80 Å². The zero-order valence-corrected chi connectivity index (χ0v) is 16.3. The first-order valence-corrected chi connectivity index (χ1v) is 9.67. The molecule has 4 rings (SSSR count). The van der Waals surface area contributed by atoms with Gasteiger partial charge in [0.25, 0.3) is 0 Å². The molecule has 132 valence electrons. The van der Waals surface area contributed by atoms with Crippen molar-refractivity contribution < 1.29 is 0 Å². The van der Waals surface area contributed by atoms with Crippen LogP contribution in [0.5, 0.6) is 0 Å². The lowest BCUT2D eigenvalue weighted by atomic mass is 9.99. The fraction of sp³-hybridized carbons (Fsp3) is 0.391. The number of aryl methyl sites for hydroxylation is 4. The Morgan fingerprint density at radius 3 is 1.35 bits per heavy atom. The SMILES string of the molecule is [B]C1N(c2cc(C)cc(C)c2)C2=C(CCCC2)N1c1cc(C)cc(C)c1. The van der Waals surface area contributed by atoms with Crippen LogP contribution in [0, 0.1) is 27.7 Å². The fourth-order valence-corrected chi connectivity index (χ4v) is 4.62.